The van der Waals surface area contributed by atoms with Gasteiger partial charge in [-0.25, -0.2) is 0 Å². The van der Waals surface area contributed by atoms with Gasteiger partial charge in [-0.1, -0.05) is 19.3 Å². The number of rotatable bonds is 5. The lowest BCUT2D eigenvalue weighted by atomic mass is 9.83. The maximum absolute atomic E-state index is 5.45. The van der Waals surface area contributed by atoms with Gasteiger partial charge in [-0.3, -0.25) is 0 Å². The summed E-state index contributed by atoms with van der Waals surface area (Å²) in [6.45, 7) is 4.35. The standard InChI is InChI=1S/C11H24N2/c1-11(7-3-2-4-8-11)13-10-6-5-9-12/h13H,2-10,12H2,1H3. The smallest absolute Gasteiger partial charge is 0.0153 e. The Morgan fingerprint density at radius 3 is 2.46 bits per heavy atom. The van der Waals surface area contributed by atoms with Gasteiger partial charge in [-0.15, -0.1) is 0 Å². The van der Waals surface area contributed by atoms with Crippen molar-refractivity contribution >= 4 is 0 Å². The summed E-state index contributed by atoms with van der Waals surface area (Å²) in [4.78, 5) is 0. The summed E-state index contributed by atoms with van der Waals surface area (Å²) in [6, 6.07) is 0. The minimum Gasteiger partial charge on any atom is -0.330 e. The fourth-order valence-electron chi connectivity index (χ4n) is 2.17. The van der Waals surface area contributed by atoms with Crippen LogP contribution in [0, 0.1) is 0 Å². The SMILES string of the molecule is CC1(NCCCCN)CCCCC1. The number of hydrogen-bond acceptors (Lipinski definition) is 2. The van der Waals surface area contributed by atoms with Crippen LogP contribution < -0.4 is 11.1 Å². The summed E-state index contributed by atoms with van der Waals surface area (Å²) in [5.41, 5.74) is 5.89. The summed E-state index contributed by atoms with van der Waals surface area (Å²) >= 11 is 0. The molecule has 0 aromatic rings. The van der Waals surface area contributed by atoms with Gasteiger partial charge in [0.1, 0.15) is 0 Å². The predicted molar refractivity (Wildman–Crippen MR) is 57.8 cm³/mol. The minimum absolute atomic E-state index is 0.437. The fraction of sp³-hybridized carbons (Fsp3) is 1.00. The summed E-state index contributed by atoms with van der Waals surface area (Å²) in [5.74, 6) is 0. The van der Waals surface area contributed by atoms with Gasteiger partial charge in [-0.2, -0.15) is 0 Å². The third-order valence-corrected chi connectivity index (χ3v) is 3.14. The molecule has 2 nitrogen and oxygen atoms in total. The van der Waals surface area contributed by atoms with Crippen LogP contribution in [0.15, 0.2) is 0 Å². The first-order valence-corrected chi connectivity index (χ1v) is 5.72. The third kappa shape index (κ3) is 4.10. The summed E-state index contributed by atoms with van der Waals surface area (Å²) in [7, 11) is 0. The van der Waals surface area contributed by atoms with Crippen LogP contribution in [0.5, 0.6) is 0 Å². The zero-order valence-corrected chi connectivity index (χ0v) is 8.94. The lowest BCUT2D eigenvalue weighted by Gasteiger charge is -2.34. The number of nitrogens with one attached hydrogen (secondary N) is 1. The fourth-order valence-corrected chi connectivity index (χ4v) is 2.17. The highest BCUT2D eigenvalue weighted by molar-refractivity contribution is 4.85. The lowest BCUT2D eigenvalue weighted by Crippen LogP contribution is -2.44. The summed E-state index contributed by atoms with van der Waals surface area (Å²) < 4.78 is 0. The van der Waals surface area contributed by atoms with E-state index in [0.29, 0.717) is 5.54 Å². The highest BCUT2D eigenvalue weighted by Gasteiger charge is 2.25. The molecule has 0 aliphatic heterocycles. The van der Waals surface area contributed by atoms with Crippen LogP contribution in [-0.4, -0.2) is 18.6 Å². The summed E-state index contributed by atoms with van der Waals surface area (Å²) in [5, 5.41) is 3.68. The summed E-state index contributed by atoms with van der Waals surface area (Å²) in [6.07, 6.45) is 9.33. The van der Waals surface area contributed by atoms with Crippen molar-refractivity contribution in [3.63, 3.8) is 0 Å². The van der Waals surface area contributed by atoms with Crippen LogP contribution in [0.3, 0.4) is 0 Å². The molecule has 1 saturated carbocycles. The first kappa shape index (κ1) is 11.0. The van der Waals surface area contributed by atoms with Gasteiger partial charge in [0.05, 0.1) is 0 Å². The Morgan fingerprint density at radius 1 is 1.15 bits per heavy atom. The normalized spacial score (nSPS) is 21.7. The molecule has 0 heterocycles. The van der Waals surface area contributed by atoms with Crippen molar-refractivity contribution < 1.29 is 0 Å². The Kier molecular flexibility index (Phi) is 4.74. The van der Waals surface area contributed by atoms with Crippen LogP contribution in [0.25, 0.3) is 0 Å². The van der Waals surface area contributed by atoms with E-state index in [1.807, 2.05) is 0 Å². The molecule has 3 N–H and O–H groups in total. The van der Waals surface area contributed by atoms with Crippen molar-refractivity contribution in [3.05, 3.63) is 0 Å². The lowest BCUT2D eigenvalue weighted by molar-refractivity contribution is 0.253. The van der Waals surface area contributed by atoms with E-state index in [-0.39, 0.29) is 0 Å². The van der Waals surface area contributed by atoms with E-state index in [0.717, 1.165) is 19.5 Å². The van der Waals surface area contributed by atoms with Crippen LogP contribution in [0.1, 0.15) is 51.9 Å². The molecule has 0 spiro atoms. The molecule has 1 rings (SSSR count). The average molecular weight is 184 g/mol. The molecule has 0 amide bonds. The molecule has 0 radical (unpaired) electrons. The molecule has 0 saturated heterocycles. The van der Waals surface area contributed by atoms with Gasteiger partial charge in [0, 0.05) is 5.54 Å². The van der Waals surface area contributed by atoms with Crippen molar-refractivity contribution in [2.24, 2.45) is 5.73 Å². The van der Waals surface area contributed by atoms with E-state index in [1.54, 1.807) is 0 Å². The minimum atomic E-state index is 0.437. The van der Waals surface area contributed by atoms with Crippen LogP contribution in [0.4, 0.5) is 0 Å². The maximum atomic E-state index is 5.45. The molecule has 0 aromatic heterocycles. The van der Waals surface area contributed by atoms with Gasteiger partial charge in [0.2, 0.25) is 0 Å². The molecule has 78 valence electrons. The largest absolute Gasteiger partial charge is 0.330 e. The first-order valence-electron chi connectivity index (χ1n) is 5.72. The second kappa shape index (κ2) is 5.61. The van der Waals surface area contributed by atoms with E-state index in [4.69, 9.17) is 5.73 Å². The molecule has 0 aromatic carbocycles. The van der Waals surface area contributed by atoms with E-state index < -0.39 is 0 Å². The zero-order chi connectivity index (χ0) is 9.57. The topological polar surface area (TPSA) is 38.0 Å². The maximum Gasteiger partial charge on any atom is 0.0153 e. The Balaban J connectivity index is 2.10. The molecule has 13 heavy (non-hydrogen) atoms. The van der Waals surface area contributed by atoms with Crippen LogP contribution in [0.2, 0.25) is 0 Å². The van der Waals surface area contributed by atoms with Crippen molar-refractivity contribution in [2.45, 2.75) is 57.4 Å². The van der Waals surface area contributed by atoms with Gasteiger partial charge in [-0.05, 0) is 45.7 Å². The Hall–Kier alpha value is -0.0800. The highest BCUT2D eigenvalue weighted by Crippen LogP contribution is 2.27. The van der Waals surface area contributed by atoms with Gasteiger partial charge >= 0.3 is 0 Å². The molecule has 1 aliphatic rings. The predicted octanol–water partition coefficient (Wildman–Crippen LogP) is 2.04. The van der Waals surface area contributed by atoms with Crippen LogP contribution >= 0.6 is 0 Å². The average Bonchev–Trinajstić information content (AvgIpc) is 2.14. The van der Waals surface area contributed by atoms with Crippen molar-refractivity contribution in [2.75, 3.05) is 13.1 Å². The monoisotopic (exact) mass is 184 g/mol. The Labute approximate surface area is 82.3 Å². The molecular weight excluding hydrogens is 160 g/mol. The molecule has 0 atom stereocenters. The van der Waals surface area contributed by atoms with Crippen LogP contribution in [-0.2, 0) is 0 Å². The Bertz CT molecular complexity index is 128. The van der Waals surface area contributed by atoms with Gasteiger partial charge in [0.25, 0.3) is 0 Å². The first-order chi connectivity index (χ1) is 6.27. The second-order valence-corrected chi connectivity index (χ2v) is 4.54. The quantitative estimate of drug-likeness (QED) is 0.642. The molecule has 1 fully saturated rings. The number of unbranched alkanes of at least 4 members (excludes halogenated alkanes) is 1. The number of nitrogens with two attached hydrogens (primary N) is 1. The number of hydrogen-bond donors (Lipinski definition) is 2. The zero-order valence-electron chi connectivity index (χ0n) is 8.94. The second-order valence-electron chi connectivity index (χ2n) is 4.54. The third-order valence-electron chi connectivity index (χ3n) is 3.14. The highest BCUT2D eigenvalue weighted by atomic mass is 15.0. The van der Waals surface area contributed by atoms with Crippen molar-refractivity contribution in [1.82, 2.24) is 5.32 Å². The molecule has 2 heteroatoms. The van der Waals surface area contributed by atoms with Gasteiger partial charge < -0.3 is 11.1 Å². The van der Waals surface area contributed by atoms with Gasteiger partial charge in [0.15, 0.2) is 0 Å². The molecule has 1 aliphatic carbocycles. The van der Waals surface area contributed by atoms with E-state index in [1.165, 1.54) is 38.5 Å². The van der Waals surface area contributed by atoms with E-state index in [9.17, 15) is 0 Å². The van der Waals surface area contributed by atoms with E-state index in [2.05, 4.69) is 12.2 Å². The molecular formula is C11H24N2. The van der Waals surface area contributed by atoms with E-state index >= 15 is 0 Å². The molecule has 0 bridgehead atoms. The molecule has 0 unspecified atom stereocenters. The van der Waals surface area contributed by atoms with Crippen molar-refractivity contribution in [3.8, 4) is 0 Å². The Morgan fingerprint density at radius 2 is 1.85 bits per heavy atom. The van der Waals surface area contributed by atoms with Crippen molar-refractivity contribution in [1.29, 1.82) is 0 Å².